The summed E-state index contributed by atoms with van der Waals surface area (Å²) in [6.07, 6.45) is 3.30. The maximum absolute atomic E-state index is 13.2. The fraction of sp³-hybridized carbons (Fsp3) is 0.179. The first-order valence-electron chi connectivity index (χ1n) is 11.5. The van der Waals surface area contributed by atoms with Gasteiger partial charge in [0, 0.05) is 6.54 Å². The average molecular weight is 503 g/mol. The number of hydrogen-bond acceptors (Lipinski definition) is 5. The summed E-state index contributed by atoms with van der Waals surface area (Å²) < 4.78 is 29.1. The van der Waals surface area contributed by atoms with Gasteiger partial charge in [-0.15, -0.1) is 0 Å². The highest BCUT2D eigenvalue weighted by atomic mass is 32.2. The first-order valence-corrected chi connectivity index (χ1v) is 12.9. The first-order chi connectivity index (χ1) is 17.2. The summed E-state index contributed by atoms with van der Waals surface area (Å²) in [5.41, 5.74) is 2.24. The molecule has 1 aliphatic heterocycles. The summed E-state index contributed by atoms with van der Waals surface area (Å²) in [4.78, 5) is 39.8. The summed E-state index contributed by atoms with van der Waals surface area (Å²) in [6.45, 7) is 2.91. The molecule has 2 amide bonds. The Morgan fingerprint density at radius 2 is 1.44 bits per heavy atom. The fourth-order valence-electron chi connectivity index (χ4n) is 4.10. The number of nitrogens with zero attached hydrogens (tertiary/aromatic N) is 1. The van der Waals surface area contributed by atoms with Crippen molar-refractivity contribution >= 4 is 33.7 Å². The lowest BCUT2D eigenvalue weighted by Gasteiger charge is -2.27. The average Bonchev–Trinajstić information content (AvgIpc) is 3.10. The highest BCUT2D eigenvalue weighted by molar-refractivity contribution is 7.89. The number of hydrogen-bond donors (Lipinski definition) is 1. The van der Waals surface area contributed by atoms with E-state index >= 15 is 0 Å². The Bertz CT molecular complexity index is 1400. The molecule has 184 valence electrons. The van der Waals surface area contributed by atoms with Crippen molar-refractivity contribution in [2.45, 2.75) is 24.8 Å². The Labute approximate surface area is 210 Å². The van der Waals surface area contributed by atoms with Crippen LogP contribution in [-0.2, 0) is 14.8 Å². The molecule has 36 heavy (non-hydrogen) atoms. The molecule has 0 aromatic heterocycles. The number of imide groups is 1. The van der Waals surface area contributed by atoms with Gasteiger partial charge in [0.25, 0.3) is 11.8 Å². The van der Waals surface area contributed by atoms with Crippen LogP contribution < -0.4 is 4.72 Å². The molecule has 1 aliphatic rings. The highest BCUT2D eigenvalue weighted by Gasteiger charge is 2.39. The molecule has 0 fully saturated rings. The Hall–Kier alpha value is -3.88. The van der Waals surface area contributed by atoms with Crippen LogP contribution in [0.3, 0.4) is 0 Å². The SMILES string of the molecule is CC(=O)C(CN1C(=O)c2ccccc2C1=O)C(/C=C/c1ccccc1)NS(=O)(=O)c1ccc(C)cc1. The second-order valence-electron chi connectivity index (χ2n) is 8.71. The third-order valence-electron chi connectivity index (χ3n) is 6.13. The zero-order valence-corrected chi connectivity index (χ0v) is 20.7. The van der Waals surface area contributed by atoms with Crippen molar-refractivity contribution in [3.05, 3.63) is 107 Å². The molecule has 0 radical (unpaired) electrons. The second-order valence-corrected chi connectivity index (χ2v) is 10.4. The number of sulfonamides is 1. The van der Waals surface area contributed by atoms with Gasteiger partial charge in [-0.25, -0.2) is 13.1 Å². The first kappa shape index (κ1) is 25.2. The number of carbonyl (C=O) groups is 3. The minimum absolute atomic E-state index is 0.0502. The number of amides is 2. The van der Waals surface area contributed by atoms with Gasteiger partial charge < -0.3 is 0 Å². The van der Waals surface area contributed by atoms with Crippen molar-refractivity contribution in [3.8, 4) is 0 Å². The third kappa shape index (κ3) is 5.35. The van der Waals surface area contributed by atoms with Crippen LogP contribution in [0.15, 0.2) is 89.8 Å². The maximum atomic E-state index is 13.2. The Balaban J connectivity index is 1.68. The van der Waals surface area contributed by atoms with Crippen LogP contribution in [-0.4, -0.2) is 43.5 Å². The van der Waals surface area contributed by atoms with Crippen LogP contribution in [0, 0.1) is 12.8 Å². The van der Waals surface area contributed by atoms with Crippen molar-refractivity contribution in [1.29, 1.82) is 0 Å². The van der Waals surface area contributed by atoms with E-state index in [4.69, 9.17) is 0 Å². The molecule has 0 aliphatic carbocycles. The maximum Gasteiger partial charge on any atom is 0.261 e. The van der Waals surface area contributed by atoms with Crippen LogP contribution >= 0.6 is 0 Å². The molecule has 0 bridgehead atoms. The normalized spacial score (nSPS) is 15.2. The number of nitrogens with one attached hydrogen (secondary N) is 1. The topological polar surface area (TPSA) is 101 Å². The highest BCUT2D eigenvalue weighted by Crippen LogP contribution is 2.25. The summed E-state index contributed by atoms with van der Waals surface area (Å²) in [5, 5.41) is 0. The number of benzene rings is 3. The molecule has 0 saturated heterocycles. The molecule has 3 aromatic rings. The third-order valence-corrected chi connectivity index (χ3v) is 7.61. The molecule has 0 saturated carbocycles. The summed E-state index contributed by atoms with van der Waals surface area (Å²) in [5.74, 6) is -2.38. The van der Waals surface area contributed by atoms with Crippen molar-refractivity contribution in [1.82, 2.24) is 9.62 Å². The van der Waals surface area contributed by atoms with Crippen molar-refractivity contribution in [3.63, 3.8) is 0 Å². The van der Waals surface area contributed by atoms with E-state index in [2.05, 4.69) is 4.72 Å². The number of ketones is 1. The Morgan fingerprint density at radius 3 is 2.00 bits per heavy atom. The molecular formula is C28H26N2O5S. The van der Waals surface area contributed by atoms with Gasteiger partial charge in [0.1, 0.15) is 5.78 Å². The quantitative estimate of drug-likeness (QED) is 0.448. The monoisotopic (exact) mass is 502 g/mol. The van der Waals surface area contributed by atoms with Crippen molar-refractivity contribution < 1.29 is 22.8 Å². The van der Waals surface area contributed by atoms with E-state index < -0.39 is 33.8 Å². The van der Waals surface area contributed by atoms with E-state index in [-0.39, 0.29) is 28.4 Å². The Kier molecular flexibility index (Phi) is 7.28. The van der Waals surface area contributed by atoms with Crippen molar-refractivity contribution in [2.24, 2.45) is 5.92 Å². The standard InChI is InChI=1S/C28H26N2O5S/c1-19-12-15-22(16-13-19)36(34,35)29-26(17-14-21-8-4-3-5-9-21)25(20(2)31)18-30-27(32)23-10-6-7-11-24(23)28(30)33/h3-17,25-26,29H,18H2,1-2H3/b17-14+. The molecule has 0 spiro atoms. The molecule has 2 unspecified atom stereocenters. The summed E-state index contributed by atoms with van der Waals surface area (Å²) >= 11 is 0. The van der Waals surface area contributed by atoms with E-state index in [1.165, 1.54) is 19.1 Å². The predicted octanol–water partition coefficient (Wildman–Crippen LogP) is 3.86. The smallest absolute Gasteiger partial charge is 0.261 e. The molecule has 1 N–H and O–H groups in total. The van der Waals surface area contributed by atoms with E-state index in [1.54, 1.807) is 48.6 Å². The van der Waals surface area contributed by atoms with Crippen LogP contribution in [0.2, 0.25) is 0 Å². The van der Waals surface area contributed by atoms with Gasteiger partial charge in [-0.1, -0.05) is 72.3 Å². The minimum Gasteiger partial charge on any atom is -0.300 e. The van der Waals surface area contributed by atoms with E-state index in [0.717, 1.165) is 16.0 Å². The fourth-order valence-corrected chi connectivity index (χ4v) is 5.33. The summed E-state index contributed by atoms with van der Waals surface area (Å²) in [6, 6.07) is 21.0. The Morgan fingerprint density at radius 1 is 0.889 bits per heavy atom. The molecule has 4 rings (SSSR count). The zero-order chi connectivity index (χ0) is 25.9. The largest absolute Gasteiger partial charge is 0.300 e. The van der Waals surface area contributed by atoms with Crippen LogP contribution in [0.4, 0.5) is 0 Å². The van der Waals surface area contributed by atoms with Gasteiger partial charge in [-0.2, -0.15) is 0 Å². The van der Waals surface area contributed by atoms with Gasteiger partial charge in [0.05, 0.1) is 28.0 Å². The number of aryl methyl sites for hydroxylation is 1. The van der Waals surface area contributed by atoms with Crippen LogP contribution in [0.5, 0.6) is 0 Å². The van der Waals surface area contributed by atoms with Crippen LogP contribution in [0.1, 0.15) is 38.8 Å². The molecule has 8 heteroatoms. The van der Waals surface area contributed by atoms with Gasteiger partial charge in [0.15, 0.2) is 0 Å². The number of Topliss-reactive ketones (excluding diaryl/α,β-unsaturated/α-hetero) is 1. The van der Waals surface area contributed by atoms with E-state index in [1.807, 2.05) is 37.3 Å². The zero-order valence-electron chi connectivity index (χ0n) is 19.9. The molecule has 3 aromatic carbocycles. The molecule has 7 nitrogen and oxygen atoms in total. The number of rotatable bonds is 9. The lowest BCUT2D eigenvalue weighted by molar-refractivity contribution is -0.121. The molecule has 2 atom stereocenters. The number of carbonyl (C=O) groups excluding carboxylic acids is 3. The lowest BCUT2D eigenvalue weighted by Crippen LogP contribution is -2.47. The van der Waals surface area contributed by atoms with Gasteiger partial charge in [-0.3, -0.25) is 19.3 Å². The summed E-state index contributed by atoms with van der Waals surface area (Å²) in [7, 11) is -4.02. The molecular weight excluding hydrogens is 476 g/mol. The van der Waals surface area contributed by atoms with Crippen molar-refractivity contribution in [2.75, 3.05) is 6.54 Å². The van der Waals surface area contributed by atoms with Gasteiger partial charge in [0.2, 0.25) is 10.0 Å². The predicted molar refractivity (Wildman–Crippen MR) is 137 cm³/mol. The lowest BCUT2D eigenvalue weighted by atomic mass is 9.94. The van der Waals surface area contributed by atoms with E-state index in [9.17, 15) is 22.8 Å². The molecule has 1 heterocycles. The van der Waals surface area contributed by atoms with Crippen LogP contribution in [0.25, 0.3) is 6.08 Å². The van der Waals surface area contributed by atoms with Gasteiger partial charge in [-0.05, 0) is 43.7 Å². The van der Waals surface area contributed by atoms with Gasteiger partial charge >= 0.3 is 0 Å². The second kappa shape index (κ2) is 10.4. The minimum atomic E-state index is -4.02. The van der Waals surface area contributed by atoms with E-state index in [0.29, 0.717) is 0 Å². The number of fused-ring (bicyclic) bond motifs is 1.